The number of aliphatic hydroxyl groups is 1. The number of carboxylic acid groups (broad SMARTS) is 1. The normalized spacial score (nSPS) is 19.6. The van der Waals surface area contributed by atoms with Gasteiger partial charge < -0.3 is 50.3 Å². The van der Waals surface area contributed by atoms with Crippen LogP contribution in [0.2, 0.25) is 20.1 Å². The third-order valence-electron chi connectivity index (χ3n) is 10.9. The fourth-order valence-electron chi connectivity index (χ4n) is 6.95. The number of hydrogen-bond acceptors (Lipinski definition) is 10. The van der Waals surface area contributed by atoms with Crippen LogP contribution in [0.25, 0.3) is 0 Å². The monoisotopic (exact) mass is 1080 g/mol. The summed E-state index contributed by atoms with van der Waals surface area (Å²) in [6, 6.07) is 23.1. The van der Waals surface area contributed by atoms with E-state index in [4.69, 9.17) is 85.7 Å². The maximum atomic E-state index is 13.4. The number of hydrogen-bond donors (Lipinski definition) is 5. The van der Waals surface area contributed by atoms with Gasteiger partial charge in [0.2, 0.25) is 0 Å². The zero-order valence-corrected chi connectivity index (χ0v) is 41.3. The fourth-order valence-corrected chi connectivity index (χ4v) is 7.43. The van der Waals surface area contributed by atoms with Crippen LogP contribution in [0, 0.1) is 17.6 Å². The first-order chi connectivity index (χ1) is 33.7. The lowest BCUT2D eigenvalue weighted by atomic mass is 9.83. The number of alkyl halides is 3. The van der Waals surface area contributed by atoms with E-state index >= 15 is 0 Å². The van der Waals surface area contributed by atoms with E-state index in [-0.39, 0.29) is 71.3 Å². The number of benzene rings is 4. The molecule has 6 N–H and O–H groups in total. The third kappa shape index (κ3) is 24.4. The van der Waals surface area contributed by atoms with Crippen molar-refractivity contribution in [1.82, 2.24) is 10.6 Å². The third-order valence-corrected chi connectivity index (χ3v) is 12.0. The van der Waals surface area contributed by atoms with E-state index in [1.165, 1.54) is 24.3 Å². The highest BCUT2D eigenvalue weighted by Crippen LogP contribution is 2.29. The second-order valence-corrected chi connectivity index (χ2v) is 18.4. The van der Waals surface area contributed by atoms with Gasteiger partial charge in [-0.25, -0.2) is 13.6 Å². The van der Waals surface area contributed by atoms with Crippen molar-refractivity contribution in [2.24, 2.45) is 11.7 Å². The highest BCUT2D eigenvalue weighted by Gasteiger charge is 2.38. The number of epoxide rings is 1. The summed E-state index contributed by atoms with van der Waals surface area (Å²) < 4.78 is 84.9. The second kappa shape index (κ2) is 30.3. The SMILES string of the molecule is Clc1ccc(OCC2CO2)cc1.NC1CCC(NC(=O)COc2ccc(Cl)c(F)c2)CC1.O=C(COc1ccc(Cl)c(F)c1)NC1CCC(CCC(O)COc2ccc(Cl)cc2)CC1.O=C(O)C(F)(F)F. The molecule has 13 nitrogen and oxygen atoms in total. The molecule has 2 amide bonds. The molecule has 0 aromatic heterocycles. The molecule has 1 saturated heterocycles. The van der Waals surface area contributed by atoms with E-state index in [0.717, 1.165) is 87.3 Å². The first-order valence-electron chi connectivity index (χ1n) is 22.6. The van der Waals surface area contributed by atoms with Gasteiger partial charge in [-0.1, -0.05) is 46.4 Å². The minimum absolute atomic E-state index is 0.0140. The van der Waals surface area contributed by atoms with Gasteiger partial charge in [-0.15, -0.1) is 0 Å². The molecule has 390 valence electrons. The quantitative estimate of drug-likeness (QED) is 0.0500. The summed E-state index contributed by atoms with van der Waals surface area (Å²) in [4.78, 5) is 32.8. The molecule has 4 aromatic rings. The summed E-state index contributed by atoms with van der Waals surface area (Å²) in [5, 5.41) is 24.6. The zero-order chi connectivity index (χ0) is 51.9. The maximum Gasteiger partial charge on any atom is 0.490 e. The number of ether oxygens (including phenoxy) is 5. The average Bonchev–Trinajstić information content (AvgIpc) is 4.18. The van der Waals surface area contributed by atoms with Gasteiger partial charge in [0.05, 0.1) is 22.8 Å². The highest BCUT2D eigenvalue weighted by atomic mass is 35.5. The van der Waals surface area contributed by atoms with Crippen LogP contribution in [-0.4, -0.2) is 97.5 Å². The lowest BCUT2D eigenvalue weighted by Gasteiger charge is -2.29. The van der Waals surface area contributed by atoms with Crippen LogP contribution in [0.3, 0.4) is 0 Å². The van der Waals surface area contributed by atoms with E-state index in [9.17, 15) is 36.6 Å². The first-order valence-corrected chi connectivity index (χ1v) is 24.1. The summed E-state index contributed by atoms with van der Waals surface area (Å²) in [5.74, 6) is -1.72. The molecular formula is C49H56Cl4F5N3O10. The van der Waals surface area contributed by atoms with E-state index in [1.807, 2.05) is 24.3 Å². The summed E-state index contributed by atoms with van der Waals surface area (Å²) >= 11 is 22.8. The standard InChI is InChI=1S/C24H28Cl2FNO4.C14H18ClFN2O2.C9H9ClO2.C2HF3O2/c25-17-4-9-20(10-5-17)31-14-19(29)8-3-16-1-6-18(7-2-16)28-24(30)15-32-21-11-12-22(26)23(27)13-21;15-12-6-5-11(7-13(12)16)20-8-14(19)18-10-3-1-9(17)2-4-10;10-7-1-3-8(4-2-7)11-5-9-6-12-9;3-2(4,5)1(6)7/h4-5,9-13,16,18-19,29H,1-3,6-8,14-15H2,(H,28,30);5-7,9-10H,1-4,8,17H2,(H,18,19);1-4,9H,5-6H2;(H,6,7). The molecule has 2 unspecified atom stereocenters. The number of carbonyl (C=O) groups excluding carboxylic acids is 2. The Morgan fingerprint density at radius 2 is 1.07 bits per heavy atom. The molecule has 1 aliphatic heterocycles. The van der Waals surface area contributed by atoms with Crippen LogP contribution in [0.15, 0.2) is 84.9 Å². The van der Waals surface area contributed by atoms with Gasteiger partial charge in [-0.2, -0.15) is 13.2 Å². The van der Waals surface area contributed by atoms with E-state index in [0.29, 0.717) is 35.8 Å². The number of aliphatic carboxylic acids is 1. The van der Waals surface area contributed by atoms with Crippen molar-refractivity contribution in [1.29, 1.82) is 0 Å². The number of halogens is 9. The van der Waals surface area contributed by atoms with Crippen LogP contribution in [0.5, 0.6) is 23.0 Å². The van der Waals surface area contributed by atoms with Crippen molar-refractivity contribution >= 4 is 64.2 Å². The van der Waals surface area contributed by atoms with Crippen molar-refractivity contribution in [3.63, 3.8) is 0 Å². The van der Waals surface area contributed by atoms with Gasteiger partial charge in [0, 0.05) is 40.3 Å². The predicted molar refractivity (Wildman–Crippen MR) is 259 cm³/mol. The van der Waals surface area contributed by atoms with Crippen LogP contribution < -0.4 is 35.3 Å². The first kappa shape index (κ1) is 58.7. The summed E-state index contributed by atoms with van der Waals surface area (Å²) in [7, 11) is 0. The molecule has 3 fully saturated rings. The number of carboxylic acids is 1. The molecule has 1 heterocycles. The Morgan fingerprint density at radius 1 is 0.662 bits per heavy atom. The Morgan fingerprint density at radius 3 is 1.48 bits per heavy atom. The van der Waals surface area contributed by atoms with E-state index in [1.54, 1.807) is 24.3 Å². The lowest BCUT2D eigenvalue weighted by Crippen LogP contribution is -2.42. The molecular weight excluding hydrogens is 1030 g/mol. The summed E-state index contributed by atoms with van der Waals surface area (Å²) in [5.41, 5.74) is 5.81. The van der Waals surface area contributed by atoms with Gasteiger partial charge >= 0.3 is 12.1 Å². The Labute approximate surface area is 428 Å². The van der Waals surface area contributed by atoms with E-state index in [2.05, 4.69) is 10.6 Å². The van der Waals surface area contributed by atoms with E-state index < -0.39 is 29.9 Å². The number of nitrogens with one attached hydrogen (secondary N) is 2. The van der Waals surface area contributed by atoms with Gasteiger partial charge in [0.1, 0.15) is 54.0 Å². The molecule has 71 heavy (non-hydrogen) atoms. The molecule has 2 saturated carbocycles. The average molecular weight is 1080 g/mol. The highest BCUT2D eigenvalue weighted by molar-refractivity contribution is 6.31. The summed E-state index contributed by atoms with van der Waals surface area (Å²) in [6.45, 7) is 1.42. The molecule has 0 spiro atoms. The van der Waals surface area contributed by atoms with Gasteiger partial charge in [-0.3, -0.25) is 9.59 Å². The van der Waals surface area contributed by atoms with Crippen molar-refractivity contribution in [3.8, 4) is 23.0 Å². The molecule has 7 rings (SSSR count). The zero-order valence-electron chi connectivity index (χ0n) is 38.3. The number of rotatable bonds is 17. The minimum atomic E-state index is -5.08. The minimum Gasteiger partial charge on any atom is -0.491 e. The number of carbonyl (C=O) groups is 3. The number of amides is 2. The fraction of sp³-hybridized carbons (Fsp3) is 0.449. The van der Waals surface area contributed by atoms with Gasteiger partial charge in [0.15, 0.2) is 13.2 Å². The molecule has 3 aliphatic rings. The molecule has 2 aliphatic carbocycles. The lowest BCUT2D eigenvalue weighted by molar-refractivity contribution is -0.192. The van der Waals surface area contributed by atoms with Crippen molar-refractivity contribution < 1.29 is 70.2 Å². The van der Waals surface area contributed by atoms with Crippen molar-refractivity contribution in [2.75, 3.05) is 33.0 Å². The Kier molecular flexibility index (Phi) is 25.0. The van der Waals surface area contributed by atoms with Gasteiger partial charge in [0.25, 0.3) is 11.8 Å². The smallest absolute Gasteiger partial charge is 0.490 e. The Bertz CT molecular complexity index is 2250. The van der Waals surface area contributed by atoms with Crippen LogP contribution >= 0.6 is 46.4 Å². The Hall–Kier alpha value is -4.82. The summed E-state index contributed by atoms with van der Waals surface area (Å²) in [6.07, 6.45) is 3.73. The largest absolute Gasteiger partial charge is 0.491 e. The number of nitrogens with two attached hydrogens (primary N) is 1. The van der Waals surface area contributed by atoms with Crippen LogP contribution in [0.4, 0.5) is 22.0 Å². The number of aliphatic hydroxyl groups excluding tert-OH is 1. The van der Waals surface area contributed by atoms with Crippen LogP contribution in [0.1, 0.15) is 64.2 Å². The topological polar surface area (TPSA) is 191 Å². The Balaban J connectivity index is 0.000000236. The van der Waals surface area contributed by atoms with Crippen molar-refractivity contribution in [3.05, 3.63) is 117 Å². The molecule has 22 heteroatoms. The molecule has 4 aromatic carbocycles. The molecule has 2 atom stereocenters. The van der Waals surface area contributed by atoms with Crippen LogP contribution in [-0.2, 0) is 19.1 Å². The molecule has 0 bridgehead atoms. The van der Waals surface area contributed by atoms with Gasteiger partial charge in [-0.05, 0) is 143 Å². The van der Waals surface area contributed by atoms with Crippen molar-refractivity contribution in [2.45, 2.75) is 101 Å². The molecule has 0 radical (unpaired) electrons. The second-order valence-electron chi connectivity index (χ2n) is 16.7. The predicted octanol–water partition coefficient (Wildman–Crippen LogP) is 10.4. The maximum absolute atomic E-state index is 13.4.